The molecular formula is C14H33NO. The lowest BCUT2D eigenvalue weighted by Gasteiger charge is -2.00. The molecule has 0 aromatic carbocycles. The lowest BCUT2D eigenvalue weighted by atomic mass is 10.1. The predicted octanol–water partition coefficient (Wildman–Crippen LogP) is 3.74. The summed E-state index contributed by atoms with van der Waals surface area (Å²) in [6, 6.07) is 0. The molecule has 0 aliphatic carbocycles. The lowest BCUT2D eigenvalue weighted by molar-refractivity contribution is 0.282. The van der Waals surface area contributed by atoms with Crippen LogP contribution in [0, 0.1) is 0 Å². The van der Waals surface area contributed by atoms with Gasteiger partial charge in [0.25, 0.3) is 0 Å². The molecule has 0 aliphatic rings. The van der Waals surface area contributed by atoms with Crippen LogP contribution in [0.2, 0.25) is 0 Å². The van der Waals surface area contributed by atoms with Crippen molar-refractivity contribution in [3.8, 4) is 0 Å². The molecule has 0 aliphatic heterocycles. The molecule has 0 aromatic heterocycles. The van der Waals surface area contributed by atoms with E-state index in [0.29, 0.717) is 6.61 Å². The second-order valence-corrected chi connectivity index (χ2v) is 4.41. The molecule has 0 amide bonds. The highest BCUT2D eigenvalue weighted by Crippen LogP contribution is 2.09. The molecule has 0 rings (SSSR count). The van der Waals surface area contributed by atoms with Crippen LogP contribution in [-0.2, 0) is 0 Å². The zero-order valence-electron chi connectivity index (χ0n) is 11.7. The average molecular weight is 231 g/mol. The van der Waals surface area contributed by atoms with Gasteiger partial charge in [0.05, 0.1) is 0 Å². The summed E-state index contributed by atoms with van der Waals surface area (Å²) in [6.07, 6.45) is 13.3. The maximum Gasteiger partial charge on any atom is 0.0431 e. The van der Waals surface area contributed by atoms with Crippen molar-refractivity contribution in [2.24, 2.45) is 0 Å². The Morgan fingerprint density at radius 3 is 1.31 bits per heavy atom. The van der Waals surface area contributed by atoms with Crippen molar-refractivity contribution in [1.29, 1.82) is 0 Å². The maximum absolute atomic E-state index is 8.57. The van der Waals surface area contributed by atoms with E-state index in [9.17, 15) is 0 Å². The minimum absolute atomic E-state index is 0.372. The van der Waals surface area contributed by atoms with Gasteiger partial charge in [-0.25, -0.2) is 0 Å². The topological polar surface area (TPSA) is 32.3 Å². The van der Waals surface area contributed by atoms with Crippen LogP contribution in [0.15, 0.2) is 0 Å². The van der Waals surface area contributed by atoms with E-state index in [4.69, 9.17) is 5.11 Å². The van der Waals surface area contributed by atoms with Crippen LogP contribution in [-0.4, -0.2) is 25.8 Å². The molecule has 0 atom stereocenters. The van der Waals surface area contributed by atoms with Gasteiger partial charge in [0, 0.05) is 6.61 Å². The van der Waals surface area contributed by atoms with Gasteiger partial charge in [0.1, 0.15) is 0 Å². The van der Waals surface area contributed by atoms with Gasteiger partial charge in [-0.15, -0.1) is 0 Å². The third kappa shape index (κ3) is 23.6. The molecule has 2 N–H and O–H groups in total. The van der Waals surface area contributed by atoms with E-state index in [1.54, 1.807) is 0 Å². The van der Waals surface area contributed by atoms with Gasteiger partial charge in [-0.3, -0.25) is 0 Å². The monoisotopic (exact) mass is 231 g/mol. The number of hydrogen-bond donors (Lipinski definition) is 2. The van der Waals surface area contributed by atoms with E-state index in [1.165, 1.54) is 57.8 Å². The fraction of sp³-hybridized carbons (Fsp3) is 1.00. The summed E-state index contributed by atoms with van der Waals surface area (Å²) < 4.78 is 0. The van der Waals surface area contributed by atoms with Crippen molar-refractivity contribution in [3.05, 3.63) is 0 Å². The molecule has 0 unspecified atom stereocenters. The van der Waals surface area contributed by atoms with Crippen molar-refractivity contribution in [2.45, 2.75) is 71.1 Å². The van der Waals surface area contributed by atoms with Crippen LogP contribution in [0.4, 0.5) is 0 Å². The summed E-state index contributed by atoms with van der Waals surface area (Å²) in [5.41, 5.74) is 0. The first-order chi connectivity index (χ1) is 7.83. The fourth-order valence-electron chi connectivity index (χ4n) is 1.60. The van der Waals surface area contributed by atoms with E-state index in [2.05, 4.69) is 12.2 Å². The van der Waals surface area contributed by atoms with Crippen molar-refractivity contribution >= 4 is 0 Å². The Hall–Kier alpha value is -0.0800. The number of hydrogen-bond acceptors (Lipinski definition) is 2. The summed E-state index contributed by atoms with van der Waals surface area (Å²) in [6.45, 7) is 2.63. The molecule has 0 heterocycles. The minimum Gasteiger partial charge on any atom is -0.396 e. The first kappa shape index (κ1) is 18.3. The molecule has 2 nitrogen and oxygen atoms in total. The van der Waals surface area contributed by atoms with Gasteiger partial charge in [-0.05, 0) is 20.5 Å². The molecular weight excluding hydrogens is 198 g/mol. The van der Waals surface area contributed by atoms with E-state index in [0.717, 1.165) is 6.42 Å². The predicted molar refractivity (Wildman–Crippen MR) is 73.9 cm³/mol. The molecule has 16 heavy (non-hydrogen) atoms. The highest BCUT2D eigenvalue weighted by Gasteiger charge is 1.91. The first-order valence-electron chi connectivity index (χ1n) is 7.02. The molecule has 2 heteroatoms. The van der Waals surface area contributed by atoms with Crippen LogP contribution < -0.4 is 5.32 Å². The SMILES string of the molecule is CCCCCCCCCCCCO.CNC. The third-order valence-electron chi connectivity index (χ3n) is 2.51. The fourth-order valence-corrected chi connectivity index (χ4v) is 1.60. The zero-order valence-corrected chi connectivity index (χ0v) is 11.7. The van der Waals surface area contributed by atoms with E-state index < -0.39 is 0 Å². The Balaban J connectivity index is 0. The van der Waals surface area contributed by atoms with Crippen LogP contribution in [0.5, 0.6) is 0 Å². The van der Waals surface area contributed by atoms with Gasteiger partial charge < -0.3 is 10.4 Å². The van der Waals surface area contributed by atoms with Crippen LogP contribution in [0.3, 0.4) is 0 Å². The smallest absolute Gasteiger partial charge is 0.0431 e. The van der Waals surface area contributed by atoms with Gasteiger partial charge in [-0.1, -0.05) is 64.7 Å². The van der Waals surface area contributed by atoms with Crippen LogP contribution >= 0.6 is 0 Å². The van der Waals surface area contributed by atoms with Gasteiger partial charge in [0.15, 0.2) is 0 Å². The summed E-state index contributed by atoms with van der Waals surface area (Å²) in [7, 11) is 3.75. The largest absolute Gasteiger partial charge is 0.396 e. The Labute approximate surface area is 103 Å². The minimum atomic E-state index is 0.372. The number of rotatable bonds is 10. The Bertz CT molecular complexity index is 86.7. The van der Waals surface area contributed by atoms with Crippen LogP contribution in [0.1, 0.15) is 71.1 Å². The third-order valence-corrected chi connectivity index (χ3v) is 2.51. The quantitative estimate of drug-likeness (QED) is 0.561. The normalized spacial score (nSPS) is 9.75. The van der Waals surface area contributed by atoms with Crippen molar-refractivity contribution < 1.29 is 5.11 Å². The van der Waals surface area contributed by atoms with E-state index in [1.807, 2.05) is 14.1 Å². The lowest BCUT2D eigenvalue weighted by Crippen LogP contribution is -1.89. The van der Waals surface area contributed by atoms with Gasteiger partial charge in [-0.2, -0.15) is 0 Å². The van der Waals surface area contributed by atoms with Crippen molar-refractivity contribution in [2.75, 3.05) is 20.7 Å². The number of unbranched alkanes of at least 4 members (excludes halogenated alkanes) is 9. The highest BCUT2D eigenvalue weighted by atomic mass is 16.2. The highest BCUT2D eigenvalue weighted by molar-refractivity contribution is 4.46. The second kappa shape index (κ2) is 20.3. The first-order valence-corrected chi connectivity index (χ1v) is 7.02. The average Bonchev–Trinajstić information content (AvgIpc) is 2.28. The molecule has 0 spiro atoms. The summed E-state index contributed by atoms with van der Waals surface area (Å²) in [4.78, 5) is 0. The molecule has 0 saturated carbocycles. The van der Waals surface area contributed by atoms with Gasteiger partial charge in [0.2, 0.25) is 0 Å². The second-order valence-electron chi connectivity index (χ2n) is 4.41. The Morgan fingerprint density at radius 1 is 0.688 bits per heavy atom. The Kier molecular flexibility index (Phi) is 23.3. The molecule has 100 valence electrons. The zero-order chi connectivity index (χ0) is 12.5. The molecule has 0 fully saturated rings. The molecule has 0 radical (unpaired) electrons. The van der Waals surface area contributed by atoms with Crippen molar-refractivity contribution in [1.82, 2.24) is 5.32 Å². The molecule has 0 aromatic rings. The number of nitrogens with one attached hydrogen (secondary N) is 1. The maximum atomic E-state index is 8.57. The molecule has 0 bridgehead atoms. The van der Waals surface area contributed by atoms with E-state index >= 15 is 0 Å². The summed E-state index contributed by atoms with van der Waals surface area (Å²) in [5, 5.41) is 11.3. The number of aliphatic hydroxyl groups is 1. The standard InChI is InChI=1S/C12H26O.C2H7N/c1-2-3-4-5-6-7-8-9-10-11-12-13;1-3-2/h13H,2-12H2,1H3;3H,1-2H3. The van der Waals surface area contributed by atoms with E-state index in [-0.39, 0.29) is 0 Å². The molecule has 0 saturated heterocycles. The Morgan fingerprint density at radius 2 is 1.00 bits per heavy atom. The summed E-state index contributed by atoms with van der Waals surface area (Å²) >= 11 is 0. The summed E-state index contributed by atoms with van der Waals surface area (Å²) in [5.74, 6) is 0. The van der Waals surface area contributed by atoms with Crippen LogP contribution in [0.25, 0.3) is 0 Å². The van der Waals surface area contributed by atoms with Crippen molar-refractivity contribution in [3.63, 3.8) is 0 Å². The van der Waals surface area contributed by atoms with Gasteiger partial charge >= 0.3 is 0 Å². The number of aliphatic hydroxyl groups excluding tert-OH is 1.